The fourth-order valence-electron chi connectivity index (χ4n) is 1.71. The number of halogens is 2. The second-order valence-electron chi connectivity index (χ2n) is 3.75. The van der Waals surface area contributed by atoms with Crippen LogP contribution in [0.4, 0.5) is 4.39 Å². The van der Waals surface area contributed by atoms with Crippen molar-refractivity contribution in [3.63, 3.8) is 0 Å². The van der Waals surface area contributed by atoms with Crippen LogP contribution < -0.4 is 0 Å². The van der Waals surface area contributed by atoms with Crippen LogP contribution in [0, 0.1) is 5.82 Å². The molecule has 0 fully saturated rings. The molecule has 0 bridgehead atoms. The Bertz CT molecular complexity index is 561. The van der Waals surface area contributed by atoms with Crippen LogP contribution in [-0.4, -0.2) is 7.11 Å². The van der Waals surface area contributed by atoms with E-state index in [0.717, 1.165) is 21.2 Å². The van der Waals surface area contributed by atoms with E-state index < -0.39 is 0 Å². The molecule has 1 nitrogen and oxygen atoms in total. The summed E-state index contributed by atoms with van der Waals surface area (Å²) in [4.78, 5) is 0. The molecule has 2 rings (SSSR count). The van der Waals surface area contributed by atoms with Gasteiger partial charge >= 0.3 is 0 Å². The van der Waals surface area contributed by atoms with E-state index in [9.17, 15) is 4.39 Å². The van der Waals surface area contributed by atoms with Gasteiger partial charge in [0.2, 0.25) is 0 Å². The van der Waals surface area contributed by atoms with Gasteiger partial charge in [-0.1, -0.05) is 46.3 Å². The fraction of sp³-hybridized carbons (Fsp3) is 0.0667. The molecule has 2 aromatic rings. The number of benzene rings is 2. The van der Waals surface area contributed by atoms with E-state index in [2.05, 4.69) is 15.9 Å². The molecule has 18 heavy (non-hydrogen) atoms. The molecule has 2 aromatic carbocycles. The van der Waals surface area contributed by atoms with Crippen molar-refractivity contribution < 1.29 is 9.13 Å². The summed E-state index contributed by atoms with van der Waals surface area (Å²) in [7, 11) is 1.60. The number of hydrogen-bond acceptors (Lipinski definition) is 1. The predicted molar refractivity (Wildman–Crippen MR) is 74.6 cm³/mol. The lowest BCUT2D eigenvalue weighted by atomic mass is 9.99. The van der Waals surface area contributed by atoms with Gasteiger partial charge in [-0.25, -0.2) is 4.39 Å². The first-order valence-corrected chi connectivity index (χ1v) is 6.25. The Morgan fingerprint density at radius 2 is 1.78 bits per heavy atom. The summed E-state index contributed by atoms with van der Waals surface area (Å²) in [5, 5.41) is 0. The van der Waals surface area contributed by atoms with Crippen molar-refractivity contribution in [1.82, 2.24) is 0 Å². The summed E-state index contributed by atoms with van der Waals surface area (Å²) < 4.78 is 19.0. The van der Waals surface area contributed by atoms with Crippen molar-refractivity contribution in [3.8, 4) is 0 Å². The largest absolute Gasteiger partial charge is 0.504 e. The van der Waals surface area contributed by atoms with Crippen molar-refractivity contribution in [2.24, 2.45) is 0 Å². The van der Waals surface area contributed by atoms with Crippen molar-refractivity contribution in [1.29, 1.82) is 0 Å². The molecule has 0 aliphatic rings. The Labute approximate surface area is 114 Å². The highest BCUT2D eigenvalue weighted by molar-refractivity contribution is 9.10. The van der Waals surface area contributed by atoms with E-state index in [1.54, 1.807) is 25.5 Å². The minimum absolute atomic E-state index is 0.248. The van der Waals surface area contributed by atoms with Crippen LogP contribution in [0.3, 0.4) is 0 Å². The average Bonchev–Trinajstić information content (AvgIpc) is 2.38. The highest BCUT2D eigenvalue weighted by atomic mass is 79.9. The van der Waals surface area contributed by atoms with Gasteiger partial charge in [0.1, 0.15) is 5.82 Å². The van der Waals surface area contributed by atoms with Gasteiger partial charge in [0.15, 0.2) is 0 Å². The molecule has 3 heteroatoms. The van der Waals surface area contributed by atoms with Crippen LogP contribution in [0.15, 0.2) is 59.3 Å². The molecule has 0 saturated heterocycles. The summed E-state index contributed by atoms with van der Waals surface area (Å²) in [6.45, 7) is 0. The lowest BCUT2D eigenvalue weighted by molar-refractivity contribution is 0.340. The van der Waals surface area contributed by atoms with Crippen molar-refractivity contribution in [2.75, 3.05) is 7.11 Å². The molecule has 0 N–H and O–H groups in total. The monoisotopic (exact) mass is 306 g/mol. The van der Waals surface area contributed by atoms with Crippen LogP contribution >= 0.6 is 15.9 Å². The Morgan fingerprint density at radius 1 is 1.11 bits per heavy atom. The molecule has 0 aromatic heterocycles. The minimum atomic E-state index is -0.248. The molecule has 0 unspecified atom stereocenters. The molecule has 0 spiro atoms. The van der Waals surface area contributed by atoms with E-state index >= 15 is 0 Å². The van der Waals surface area contributed by atoms with Gasteiger partial charge in [0.05, 0.1) is 13.4 Å². The van der Waals surface area contributed by atoms with Gasteiger partial charge in [-0.05, 0) is 29.3 Å². The topological polar surface area (TPSA) is 9.23 Å². The minimum Gasteiger partial charge on any atom is -0.504 e. The van der Waals surface area contributed by atoms with Crippen molar-refractivity contribution >= 4 is 21.5 Å². The zero-order valence-corrected chi connectivity index (χ0v) is 11.4. The van der Waals surface area contributed by atoms with Crippen molar-refractivity contribution in [2.45, 2.75) is 0 Å². The lowest BCUT2D eigenvalue weighted by Crippen LogP contribution is -1.91. The fourth-order valence-corrected chi connectivity index (χ4v) is 2.21. The van der Waals surface area contributed by atoms with Gasteiger partial charge in [-0.2, -0.15) is 0 Å². The van der Waals surface area contributed by atoms with E-state index in [1.165, 1.54) is 12.1 Å². The molecule has 0 amide bonds. The number of ether oxygens (including phenoxy) is 1. The summed E-state index contributed by atoms with van der Waals surface area (Å²) in [6.07, 6.45) is 1.66. The molecule has 0 atom stereocenters. The van der Waals surface area contributed by atoms with Crippen LogP contribution in [0.2, 0.25) is 0 Å². The molecule has 0 radical (unpaired) electrons. The normalized spacial score (nSPS) is 11.4. The van der Waals surface area contributed by atoms with Gasteiger partial charge in [-0.3, -0.25) is 0 Å². The van der Waals surface area contributed by atoms with E-state index in [0.29, 0.717) is 0 Å². The molecule has 0 aliphatic carbocycles. The van der Waals surface area contributed by atoms with E-state index in [4.69, 9.17) is 4.74 Å². The molecule has 0 heterocycles. The summed E-state index contributed by atoms with van der Waals surface area (Å²) in [6, 6.07) is 14.2. The summed E-state index contributed by atoms with van der Waals surface area (Å²) >= 11 is 3.51. The standard InChI is InChI=1S/C15H12BrFO/c1-18-10-14(11-6-8-12(17)9-7-11)13-4-2-3-5-15(13)16/h2-10H,1H3/b14-10+. The van der Waals surface area contributed by atoms with E-state index in [1.807, 2.05) is 24.3 Å². The third-order valence-electron chi connectivity index (χ3n) is 2.55. The van der Waals surface area contributed by atoms with Gasteiger partial charge in [-0.15, -0.1) is 0 Å². The molecular weight excluding hydrogens is 295 g/mol. The highest BCUT2D eigenvalue weighted by Crippen LogP contribution is 2.29. The highest BCUT2D eigenvalue weighted by Gasteiger charge is 2.08. The first-order chi connectivity index (χ1) is 8.72. The Balaban J connectivity index is 2.51. The SMILES string of the molecule is CO/C=C(\c1ccc(F)cc1)c1ccccc1Br. The zero-order chi connectivity index (χ0) is 13.0. The maximum atomic E-state index is 13.0. The van der Waals surface area contributed by atoms with Gasteiger partial charge in [0, 0.05) is 10.0 Å². The van der Waals surface area contributed by atoms with Crippen LogP contribution in [0.25, 0.3) is 5.57 Å². The third kappa shape index (κ3) is 2.79. The first-order valence-electron chi connectivity index (χ1n) is 5.46. The molecule has 0 aliphatic heterocycles. The zero-order valence-electron chi connectivity index (χ0n) is 9.86. The van der Waals surface area contributed by atoms with Crippen LogP contribution in [0.1, 0.15) is 11.1 Å². The second-order valence-corrected chi connectivity index (χ2v) is 4.61. The predicted octanol–water partition coefficient (Wildman–Crippen LogP) is 4.62. The Hall–Kier alpha value is -1.61. The Kier molecular flexibility index (Phi) is 4.15. The number of hydrogen-bond donors (Lipinski definition) is 0. The molecule has 0 saturated carbocycles. The summed E-state index contributed by atoms with van der Waals surface area (Å²) in [5.74, 6) is -0.248. The molecular formula is C15H12BrFO. The summed E-state index contributed by atoms with van der Waals surface area (Å²) in [5.41, 5.74) is 2.82. The molecule has 92 valence electrons. The third-order valence-corrected chi connectivity index (χ3v) is 3.25. The first kappa shape index (κ1) is 12.8. The average molecular weight is 307 g/mol. The quantitative estimate of drug-likeness (QED) is 0.752. The Morgan fingerprint density at radius 3 is 2.39 bits per heavy atom. The van der Waals surface area contributed by atoms with E-state index in [-0.39, 0.29) is 5.82 Å². The number of rotatable bonds is 3. The number of methoxy groups -OCH3 is 1. The second kappa shape index (κ2) is 5.83. The smallest absolute Gasteiger partial charge is 0.123 e. The van der Waals surface area contributed by atoms with Crippen molar-refractivity contribution in [3.05, 3.63) is 76.2 Å². The maximum Gasteiger partial charge on any atom is 0.123 e. The van der Waals surface area contributed by atoms with Crippen LogP contribution in [0.5, 0.6) is 0 Å². The maximum absolute atomic E-state index is 13.0. The van der Waals surface area contributed by atoms with Crippen LogP contribution in [-0.2, 0) is 4.74 Å². The van der Waals surface area contributed by atoms with Gasteiger partial charge in [0.25, 0.3) is 0 Å². The lowest BCUT2D eigenvalue weighted by Gasteiger charge is -2.10. The van der Waals surface area contributed by atoms with Gasteiger partial charge < -0.3 is 4.74 Å².